The number of hydrogen-bond donors (Lipinski definition) is 2. The van der Waals surface area contributed by atoms with Crippen LogP contribution in [0.15, 0.2) is 53.3 Å². The van der Waals surface area contributed by atoms with E-state index in [1.807, 2.05) is 47.0 Å². The third-order valence-corrected chi connectivity index (χ3v) is 4.36. The van der Waals surface area contributed by atoms with E-state index < -0.39 is 0 Å². The van der Waals surface area contributed by atoms with Gasteiger partial charge in [0.15, 0.2) is 0 Å². The zero-order valence-corrected chi connectivity index (χ0v) is 12.5. The number of aromatic nitrogens is 3. The molecule has 0 spiro atoms. The molecule has 1 amide bonds. The fourth-order valence-corrected chi connectivity index (χ4v) is 3.30. The number of rotatable bonds is 1. The molecule has 116 valence electrons. The number of nitrogens with zero attached hydrogens (tertiary/aromatic N) is 2. The molecular formula is C18H12N4O2. The van der Waals surface area contributed by atoms with Crippen LogP contribution in [0.2, 0.25) is 0 Å². The van der Waals surface area contributed by atoms with E-state index in [2.05, 4.69) is 15.3 Å². The van der Waals surface area contributed by atoms with Gasteiger partial charge in [0, 0.05) is 5.39 Å². The summed E-state index contributed by atoms with van der Waals surface area (Å²) in [6.07, 6.45) is 0. The summed E-state index contributed by atoms with van der Waals surface area (Å²) in [6, 6.07) is 14.9. The van der Waals surface area contributed by atoms with Gasteiger partial charge in [0.1, 0.15) is 23.8 Å². The summed E-state index contributed by atoms with van der Waals surface area (Å²) >= 11 is 0. The quantitative estimate of drug-likeness (QED) is 0.566. The molecule has 2 N–H and O–H groups in total. The van der Waals surface area contributed by atoms with E-state index in [-0.39, 0.29) is 17.9 Å². The number of imidazole rings is 1. The standard InChI is InChI=1S/C18H12N4O2/c23-14-9-22-13-8-4-1-5-10(13)16(24)15(18(22)21-14)17-19-11-6-2-3-7-12(11)20-17/h1-8H,9H2,(H,19,20)(H,21,23). The maximum absolute atomic E-state index is 13.0. The summed E-state index contributed by atoms with van der Waals surface area (Å²) in [5.41, 5.74) is 2.64. The monoisotopic (exact) mass is 316 g/mol. The summed E-state index contributed by atoms with van der Waals surface area (Å²) in [7, 11) is 0. The highest BCUT2D eigenvalue weighted by atomic mass is 16.2. The summed E-state index contributed by atoms with van der Waals surface area (Å²) in [4.78, 5) is 32.7. The van der Waals surface area contributed by atoms with Crippen LogP contribution in [-0.2, 0) is 11.3 Å². The lowest BCUT2D eigenvalue weighted by molar-refractivity contribution is -0.115. The Bertz CT molecular complexity index is 1170. The third kappa shape index (κ3) is 1.68. The molecule has 2 aromatic heterocycles. The summed E-state index contributed by atoms with van der Waals surface area (Å²) < 4.78 is 1.83. The second-order valence-electron chi connectivity index (χ2n) is 5.81. The van der Waals surface area contributed by atoms with Crippen molar-refractivity contribution in [2.45, 2.75) is 6.54 Å². The molecule has 0 saturated carbocycles. The molecule has 0 bridgehead atoms. The molecule has 6 nitrogen and oxygen atoms in total. The van der Waals surface area contributed by atoms with Crippen LogP contribution in [0, 0.1) is 0 Å². The van der Waals surface area contributed by atoms with E-state index in [1.54, 1.807) is 6.07 Å². The van der Waals surface area contributed by atoms with Gasteiger partial charge < -0.3 is 14.9 Å². The van der Waals surface area contributed by atoms with Crippen molar-refractivity contribution in [3.8, 4) is 11.4 Å². The lowest BCUT2D eigenvalue weighted by Gasteiger charge is -2.11. The minimum Gasteiger partial charge on any atom is -0.338 e. The number of nitrogens with one attached hydrogen (secondary N) is 2. The molecule has 5 rings (SSSR count). The number of pyridine rings is 1. The Morgan fingerprint density at radius 3 is 2.67 bits per heavy atom. The van der Waals surface area contributed by atoms with Gasteiger partial charge >= 0.3 is 0 Å². The van der Waals surface area contributed by atoms with Gasteiger partial charge in [-0.15, -0.1) is 0 Å². The summed E-state index contributed by atoms with van der Waals surface area (Å²) in [5.74, 6) is 0.837. The van der Waals surface area contributed by atoms with Crippen molar-refractivity contribution in [1.29, 1.82) is 0 Å². The van der Waals surface area contributed by atoms with E-state index in [1.165, 1.54) is 0 Å². The largest absolute Gasteiger partial charge is 0.338 e. The normalized spacial score (nSPS) is 13.4. The Hall–Kier alpha value is -3.41. The maximum Gasteiger partial charge on any atom is 0.245 e. The highest BCUT2D eigenvalue weighted by Crippen LogP contribution is 2.31. The van der Waals surface area contributed by atoms with Gasteiger partial charge in [0.25, 0.3) is 0 Å². The smallest absolute Gasteiger partial charge is 0.245 e. The third-order valence-electron chi connectivity index (χ3n) is 4.36. The van der Waals surface area contributed by atoms with Crippen molar-refractivity contribution in [1.82, 2.24) is 14.5 Å². The lowest BCUT2D eigenvalue weighted by atomic mass is 10.1. The van der Waals surface area contributed by atoms with Gasteiger partial charge in [-0.3, -0.25) is 9.59 Å². The van der Waals surface area contributed by atoms with E-state index in [0.717, 1.165) is 16.6 Å². The molecular weight excluding hydrogens is 304 g/mol. The first-order valence-corrected chi connectivity index (χ1v) is 7.63. The highest BCUT2D eigenvalue weighted by Gasteiger charge is 2.27. The molecule has 4 aromatic rings. The van der Waals surface area contributed by atoms with Gasteiger partial charge in [-0.05, 0) is 24.3 Å². The number of fused-ring (bicyclic) bond motifs is 4. The van der Waals surface area contributed by atoms with Crippen LogP contribution < -0.4 is 10.7 Å². The average molecular weight is 316 g/mol. The van der Waals surface area contributed by atoms with Crippen molar-refractivity contribution >= 4 is 33.7 Å². The first-order valence-electron chi connectivity index (χ1n) is 7.63. The Morgan fingerprint density at radius 2 is 1.79 bits per heavy atom. The van der Waals surface area contributed by atoms with Gasteiger partial charge in [-0.2, -0.15) is 0 Å². The number of benzene rings is 2. The van der Waals surface area contributed by atoms with Crippen LogP contribution in [0.1, 0.15) is 0 Å². The molecule has 3 heterocycles. The number of carbonyl (C=O) groups is 1. The summed E-state index contributed by atoms with van der Waals surface area (Å²) in [6.45, 7) is 0.198. The molecule has 0 radical (unpaired) electrons. The van der Waals surface area contributed by atoms with Gasteiger partial charge in [-0.25, -0.2) is 4.98 Å². The molecule has 0 aliphatic carbocycles. The van der Waals surface area contributed by atoms with Gasteiger partial charge in [-0.1, -0.05) is 24.3 Å². The number of amides is 1. The van der Waals surface area contributed by atoms with Crippen LogP contribution >= 0.6 is 0 Å². The van der Waals surface area contributed by atoms with Crippen molar-refractivity contribution in [2.24, 2.45) is 0 Å². The van der Waals surface area contributed by atoms with Gasteiger partial charge in [0.05, 0.1) is 16.6 Å². The van der Waals surface area contributed by atoms with E-state index in [9.17, 15) is 9.59 Å². The Kier molecular flexibility index (Phi) is 2.48. The first kappa shape index (κ1) is 13.1. The molecule has 24 heavy (non-hydrogen) atoms. The molecule has 0 atom stereocenters. The number of H-pyrrole nitrogens is 1. The SMILES string of the molecule is O=C1Cn2c(c(-c3nc4ccccc4[nH]3)c(=O)c3ccccc32)N1. The number of hydrogen-bond acceptors (Lipinski definition) is 3. The lowest BCUT2D eigenvalue weighted by Crippen LogP contribution is -2.13. The van der Waals surface area contributed by atoms with Crippen LogP contribution in [0.3, 0.4) is 0 Å². The number of para-hydroxylation sites is 3. The van der Waals surface area contributed by atoms with Crippen molar-refractivity contribution in [3.63, 3.8) is 0 Å². The molecule has 0 saturated heterocycles. The minimum absolute atomic E-state index is 0.136. The molecule has 1 aliphatic rings. The molecule has 1 aliphatic heterocycles. The zero-order valence-electron chi connectivity index (χ0n) is 12.5. The van der Waals surface area contributed by atoms with Crippen LogP contribution in [0.25, 0.3) is 33.3 Å². The molecule has 6 heteroatoms. The van der Waals surface area contributed by atoms with Crippen LogP contribution in [0.5, 0.6) is 0 Å². The Balaban J connectivity index is 1.92. The minimum atomic E-state index is -0.141. The Labute approximate surface area is 135 Å². The van der Waals surface area contributed by atoms with Crippen molar-refractivity contribution in [2.75, 3.05) is 5.32 Å². The van der Waals surface area contributed by atoms with E-state index in [4.69, 9.17) is 0 Å². The second kappa shape index (κ2) is 4.55. The van der Waals surface area contributed by atoms with E-state index in [0.29, 0.717) is 22.6 Å². The molecule has 2 aromatic carbocycles. The molecule has 0 fully saturated rings. The van der Waals surface area contributed by atoms with Crippen LogP contribution in [0.4, 0.5) is 5.82 Å². The zero-order chi connectivity index (χ0) is 16.3. The number of anilines is 1. The summed E-state index contributed by atoms with van der Waals surface area (Å²) in [5, 5.41) is 3.38. The fraction of sp³-hybridized carbons (Fsp3) is 0.0556. The van der Waals surface area contributed by atoms with Crippen molar-refractivity contribution < 1.29 is 4.79 Å². The second-order valence-corrected chi connectivity index (χ2v) is 5.81. The van der Waals surface area contributed by atoms with Crippen LogP contribution in [-0.4, -0.2) is 20.4 Å². The van der Waals surface area contributed by atoms with Crippen molar-refractivity contribution in [3.05, 3.63) is 58.8 Å². The predicted octanol–water partition coefficient (Wildman–Crippen LogP) is 2.50. The first-order chi connectivity index (χ1) is 11.7. The topological polar surface area (TPSA) is 79.8 Å². The molecule has 0 unspecified atom stereocenters. The average Bonchev–Trinajstić information content (AvgIpc) is 3.18. The number of carbonyl (C=O) groups excluding carboxylic acids is 1. The predicted molar refractivity (Wildman–Crippen MR) is 91.9 cm³/mol. The fourth-order valence-electron chi connectivity index (χ4n) is 3.30. The Morgan fingerprint density at radius 1 is 1.00 bits per heavy atom. The highest BCUT2D eigenvalue weighted by molar-refractivity contribution is 6.02. The number of aromatic amines is 1. The van der Waals surface area contributed by atoms with Gasteiger partial charge in [0.2, 0.25) is 11.3 Å². The maximum atomic E-state index is 13.0. The van der Waals surface area contributed by atoms with E-state index >= 15 is 0 Å².